The van der Waals surface area contributed by atoms with Gasteiger partial charge in [-0.25, -0.2) is 0 Å². The molecule has 0 radical (unpaired) electrons. The van der Waals surface area contributed by atoms with E-state index >= 15 is 0 Å². The van der Waals surface area contributed by atoms with Crippen LogP contribution in [-0.4, -0.2) is 18.3 Å². The van der Waals surface area contributed by atoms with Crippen molar-refractivity contribution in [2.45, 2.75) is 50.5 Å². The number of thioether (sulfide) groups is 1. The average Bonchev–Trinajstić information content (AvgIpc) is 2.77. The van der Waals surface area contributed by atoms with Crippen molar-refractivity contribution in [1.29, 1.82) is 0 Å². The molecule has 2 heteroatoms. The van der Waals surface area contributed by atoms with E-state index in [1.807, 2.05) is 11.8 Å². The molecule has 100 valence electrons. The summed E-state index contributed by atoms with van der Waals surface area (Å²) in [6.45, 7) is 7.95. The fraction of sp³-hybridized carbons (Fsp3) is 0.625. The second-order valence-electron chi connectivity index (χ2n) is 5.79. The number of benzene rings is 1. The number of hydrogen-bond donors (Lipinski definition) is 1. The third-order valence-electron chi connectivity index (χ3n) is 3.68. The zero-order valence-electron chi connectivity index (χ0n) is 11.8. The van der Waals surface area contributed by atoms with Crippen molar-refractivity contribution in [3.8, 4) is 0 Å². The highest BCUT2D eigenvalue weighted by Crippen LogP contribution is 2.41. The van der Waals surface area contributed by atoms with Crippen LogP contribution in [0.2, 0.25) is 0 Å². The van der Waals surface area contributed by atoms with Gasteiger partial charge < -0.3 is 5.32 Å². The maximum Gasteiger partial charge on any atom is 0.0107 e. The molecule has 2 rings (SSSR count). The Bertz CT molecular complexity index is 375. The zero-order chi connectivity index (χ0) is 13.0. The first-order valence-electron chi connectivity index (χ1n) is 7.12. The van der Waals surface area contributed by atoms with E-state index in [0.29, 0.717) is 6.04 Å². The summed E-state index contributed by atoms with van der Waals surface area (Å²) < 4.78 is 0. The summed E-state index contributed by atoms with van der Waals surface area (Å²) >= 11 is 2.03. The summed E-state index contributed by atoms with van der Waals surface area (Å²) in [5.74, 6) is 2.85. The van der Waals surface area contributed by atoms with E-state index in [9.17, 15) is 0 Å². The van der Waals surface area contributed by atoms with Gasteiger partial charge in [0.25, 0.3) is 0 Å². The van der Waals surface area contributed by atoms with Crippen LogP contribution in [0.1, 0.15) is 45.1 Å². The molecule has 0 fully saturated rings. The Hall–Kier alpha value is -0.470. The third kappa shape index (κ3) is 3.76. The smallest absolute Gasteiger partial charge is 0.0107 e. The van der Waals surface area contributed by atoms with Crippen molar-refractivity contribution in [1.82, 2.24) is 5.32 Å². The highest BCUT2D eigenvalue weighted by atomic mass is 32.2. The molecule has 0 spiro atoms. The topological polar surface area (TPSA) is 12.0 Å². The summed E-state index contributed by atoms with van der Waals surface area (Å²) in [5.41, 5.74) is 1.59. The quantitative estimate of drug-likeness (QED) is 0.821. The lowest BCUT2D eigenvalue weighted by molar-refractivity contribution is 0.431. The summed E-state index contributed by atoms with van der Waals surface area (Å²) in [5, 5.41) is 3.53. The van der Waals surface area contributed by atoms with Crippen LogP contribution < -0.4 is 5.32 Å². The highest BCUT2D eigenvalue weighted by molar-refractivity contribution is 7.99. The minimum absolute atomic E-state index is 0.607. The Kier molecular flexibility index (Phi) is 5.13. The molecule has 0 amide bonds. The summed E-state index contributed by atoms with van der Waals surface area (Å²) in [6.07, 6.45) is 2.67. The molecule has 1 N–H and O–H groups in total. The normalized spacial score (nSPS) is 20.1. The molecule has 2 unspecified atom stereocenters. The lowest BCUT2D eigenvalue weighted by Crippen LogP contribution is -2.28. The minimum Gasteiger partial charge on any atom is -0.314 e. The van der Waals surface area contributed by atoms with Crippen molar-refractivity contribution in [3.05, 3.63) is 29.8 Å². The van der Waals surface area contributed by atoms with Gasteiger partial charge in [-0.2, -0.15) is 0 Å². The van der Waals surface area contributed by atoms with E-state index in [1.165, 1.54) is 23.5 Å². The molecular weight excluding hydrogens is 238 g/mol. The molecule has 0 saturated carbocycles. The van der Waals surface area contributed by atoms with Crippen molar-refractivity contribution in [2.24, 2.45) is 5.92 Å². The average molecular weight is 263 g/mol. The summed E-state index contributed by atoms with van der Waals surface area (Å²) in [4.78, 5) is 1.51. The lowest BCUT2D eigenvalue weighted by Gasteiger charge is -2.17. The third-order valence-corrected chi connectivity index (χ3v) is 4.93. The molecule has 18 heavy (non-hydrogen) atoms. The van der Waals surface area contributed by atoms with Crippen molar-refractivity contribution in [3.63, 3.8) is 0 Å². The maximum absolute atomic E-state index is 3.53. The van der Waals surface area contributed by atoms with Crippen LogP contribution in [0.25, 0.3) is 0 Å². The Morgan fingerprint density at radius 1 is 1.28 bits per heavy atom. The van der Waals surface area contributed by atoms with Crippen LogP contribution in [0.15, 0.2) is 29.2 Å². The molecule has 0 aromatic heterocycles. The molecule has 2 atom stereocenters. The van der Waals surface area contributed by atoms with Crippen LogP contribution >= 0.6 is 11.8 Å². The van der Waals surface area contributed by atoms with Gasteiger partial charge in [-0.1, -0.05) is 39.0 Å². The van der Waals surface area contributed by atoms with E-state index in [1.54, 1.807) is 5.56 Å². The fourth-order valence-electron chi connectivity index (χ4n) is 2.49. The van der Waals surface area contributed by atoms with Gasteiger partial charge in [0.2, 0.25) is 0 Å². The Morgan fingerprint density at radius 2 is 2.06 bits per heavy atom. The first-order chi connectivity index (χ1) is 8.66. The lowest BCUT2D eigenvalue weighted by atomic mass is 9.92. The molecule has 0 saturated heterocycles. The second-order valence-corrected chi connectivity index (χ2v) is 6.85. The number of rotatable bonds is 6. The predicted molar refractivity (Wildman–Crippen MR) is 81.4 cm³/mol. The van der Waals surface area contributed by atoms with Gasteiger partial charge in [0.05, 0.1) is 0 Å². The second kappa shape index (κ2) is 6.63. The maximum atomic E-state index is 3.53. The fourth-order valence-corrected chi connectivity index (χ4v) is 3.80. The number of fused-ring (bicyclic) bond motifs is 1. The van der Waals surface area contributed by atoms with E-state index < -0.39 is 0 Å². The van der Waals surface area contributed by atoms with Gasteiger partial charge in [0, 0.05) is 16.7 Å². The van der Waals surface area contributed by atoms with Gasteiger partial charge in [0.1, 0.15) is 0 Å². The van der Waals surface area contributed by atoms with E-state index in [0.717, 1.165) is 18.4 Å². The first kappa shape index (κ1) is 14.0. The van der Waals surface area contributed by atoms with Gasteiger partial charge in [-0.3, -0.25) is 0 Å². The van der Waals surface area contributed by atoms with Gasteiger partial charge in [-0.15, -0.1) is 11.8 Å². The molecule has 1 aromatic carbocycles. The molecule has 0 bridgehead atoms. The van der Waals surface area contributed by atoms with Crippen LogP contribution in [0.4, 0.5) is 0 Å². The van der Waals surface area contributed by atoms with Crippen molar-refractivity contribution >= 4 is 11.8 Å². The van der Waals surface area contributed by atoms with Crippen LogP contribution in [-0.2, 0) is 0 Å². The Morgan fingerprint density at radius 3 is 2.83 bits per heavy atom. The van der Waals surface area contributed by atoms with E-state index in [4.69, 9.17) is 0 Å². The highest BCUT2D eigenvalue weighted by Gasteiger charge is 2.22. The first-order valence-corrected chi connectivity index (χ1v) is 8.10. The molecule has 1 aromatic rings. The van der Waals surface area contributed by atoms with E-state index in [-0.39, 0.29) is 0 Å². The monoisotopic (exact) mass is 263 g/mol. The van der Waals surface area contributed by atoms with Gasteiger partial charge in [0.15, 0.2) is 0 Å². The number of hydrogen-bond acceptors (Lipinski definition) is 2. The van der Waals surface area contributed by atoms with E-state index in [2.05, 4.69) is 50.4 Å². The number of nitrogens with one attached hydrogen (secondary N) is 1. The zero-order valence-corrected chi connectivity index (χ0v) is 12.6. The Balaban J connectivity index is 1.78. The molecule has 1 heterocycles. The summed E-state index contributed by atoms with van der Waals surface area (Å²) in [7, 11) is 0. The molecule has 1 nitrogen and oxygen atoms in total. The van der Waals surface area contributed by atoms with Crippen LogP contribution in [0, 0.1) is 5.92 Å². The molecular formula is C16H25NS. The largest absolute Gasteiger partial charge is 0.314 e. The molecule has 0 aliphatic carbocycles. The minimum atomic E-state index is 0.607. The Labute approximate surface area is 116 Å². The van der Waals surface area contributed by atoms with Crippen LogP contribution in [0.3, 0.4) is 0 Å². The van der Waals surface area contributed by atoms with Crippen LogP contribution in [0.5, 0.6) is 0 Å². The molecule has 1 aliphatic heterocycles. The summed E-state index contributed by atoms with van der Waals surface area (Å²) in [6, 6.07) is 9.53. The standard InChI is InChI=1S/C16H25NS/c1-12(2)17-10-13(3)8-9-14-11-18-16-7-5-4-6-15(14)16/h4-7,12-14,17H,8-11H2,1-3H3. The van der Waals surface area contributed by atoms with Gasteiger partial charge >= 0.3 is 0 Å². The predicted octanol–water partition coefficient (Wildman–Crippen LogP) is 4.29. The van der Waals surface area contributed by atoms with Gasteiger partial charge in [-0.05, 0) is 42.9 Å². The van der Waals surface area contributed by atoms with Crippen molar-refractivity contribution < 1.29 is 0 Å². The van der Waals surface area contributed by atoms with Crippen molar-refractivity contribution in [2.75, 3.05) is 12.3 Å². The molecule has 1 aliphatic rings. The SMILES string of the molecule is CC(CCC1CSc2ccccc21)CNC(C)C.